The van der Waals surface area contributed by atoms with Gasteiger partial charge >= 0.3 is 0 Å². The van der Waals surface area contributed by atoms with Gasteiger partial charge in [0.05, 0.1) is 24.1 Å². The Kier molecular flexibility index (Phi) is 5.62. The maximum Gasteiger partial charge on any atom is 0.282 e. The molecule has 0 radical (unpaired) electrons. The summed E-state index contributed by atoms with van der Waals surface area (Å²) in [4.78, 5) is 0. The topological polar surface area (TPSA) is 26.3 Å². The van der Waals surface area contributed by atoms with E-state index in [2.05, 4.69) is 0 Å². The van der Waals surface area contributed by atoms with Crippen LogP contribution in [0.2, 0.25) is 0 Å². The van der Waals surface area contributed by atoms with Crippen molar-refractivity contribution in [1.82, 2.24) is 0 Å². The molecule has 0 unspecified atom stereocenters. The minimum atomic E-state index is -3.26. The van der Waals surface area contributed by atoms with Crippen LogP contribution in [0, 0.1) is 0 Å². The Bertz CT molecular complexity index is 186. The van der Waals surface area contributed by atoms with Crippen LogP contribution >= 0.6 is 39.9 Å². The van der Waals surface area contributed by atoms with E-state index >= 15 is 0 Å². The summed E-state index contributed by atoms with van der Waals surface area (Å²) in [6, 6.07) is 0. The monoisotopic (exact) mass is 236 g/mol. The Balaban J connectivity index is 4.28. The van der Waals surface area contributed by atoms with Gasteiger partial charge in [0.25, 0.3) is 5.85 Å². The zero-order valence-electron chi connectivity index (χ0n) is 5.89. The molecule has 11 heavy (non-hydrogen) atoms. The van der Waals surface area contributed by atoms with E-state index in [0.29, 0.717) is 6.61 Å². The molecular formula is C5H8Cl3O2P. The maximum absolute atomic E-state index is 10.9. The van der Waals surface area contributed by atoms with E-state index in [4.69, 9.17) is 38.8 Å². The van der Waals surface area contributed by atoms with E-state index in [-0.39, 0.29) is 11.2 Å². The van der Waals surface area contributed by atoms with Gasteiger partial charge < -0.3 is 4.74 Å². The van der Waals surface area contributed by atoms with Gasteiger partial charge in [-0.25, -0.2) is 0 Å². The van der Waals surface area contributed by atoms with Gasteiger partial charge in [0.2, 0.25) is 0 Å². The predicted octanol–water partition coefficient (Wildman–Crippen LogP) is 3.77. The van der Waals surface area contributed by atoms with Crippen LogP contribution in [0.25, 0.3) is 0 Å². The van der Waals surface area contributed by atoms with Crippen LogP contribution < -0.4 is 0 Å². The van der Waals surface area contributed by atoms with Gasteiger partial charge in [-0.1, -0.05) is 0 Å². The quantitative estimate of drug-likeness (QED) is 0.422. The molecule has 2 nitrogen and oxygen atoms in total. The summed E-state index contributed by atoms with van der Waals surface area (Å²) < 4.78 is 15.8. The Morgan fingerprint density at radius 3 is 2.45 bits per heavy atom. The molecule has 6 heteroatoms. The van der Waals surface area contributed by atoms with Gasteiger partial charge in [-0.3, -0.25) is 4.57 Å². The van der Waals surface area contributed by atoms with Crippen LogP contribution in [0.4, 0.5) is 0 Å². The third-order valence-electron chi connectivity index (χ3n) is 0.857. The maximum atomic E-state index is 10.9. The predicted molar refractivity (Wildman–Crippen MR) is 49.7 cm³/mol. The fourth-order valence-electron chi connectivity index (χ4n) is 0.342. The second kappa shape index (κ2) is 5.31. The lowest BCUT2D eigenvalue weighted by Crippen LogP contribution is -1.84. The molecule has 0 heterocycles. The zero-order valence-corrected chi connectivity index (χ0v) is 9.05. The van der Waals surface area contributed by atoms with E-state index in [1.54, 1.807) is 6.92 Å². The second-order valence-electron chi connectivity index (χ2n) is 1.66. The van der Waals surface area contributed by atoms with Crippen LogP contribution in [0.5, 0.6) is 0 Å². The minimum absolute atomic E-state index is 0.0181. The fraction of sp³-hybridized carbons (Fsp3) is 0.600. The highest BCUT2D eigenvalue weighted by Gasteiger charge is 2.20. The molecule has 0 saturated heterocycles. The lowest BCUT2D eigenvalue weighted by Gasteiger charge is -2.03. The van der Waals surface area contributed by atoms with Crippen LogP contribution in [-0.4, -0.2) is 12.5 Å². The first kappa shape index (κ1) is 11.6. The van der Waals surface area contributed by atoms with E-state index in [1.807, 2.05) is 0 Å². The standard InChI is InChI=1S/C5H8Cl3O2P/c1-2-10-4-5(3-6)11(7,8)9/h4H,2-3H2,1H3/b5-4-. The normalized spacial score (nSPS) is 13.3. The van der Waals surface area contributed by atoms with E-state index in [1.165, 1.54) is 6.26 Å². The molecule has 0 aliphatic rings. The summed E-state index contributed by atoms with van der Waals surface area (Å²) in [5, 5.41) is 0.226. The molecule has 0 aromatic rings. The summed E-state index contributed by atoms with van der Waals surface area (Å²) in [6.07, 6.45) is 1.24. The highest BCUT2D eigenvalue weighted by molar-refractivity contribution is 8.11. The van der Waals surface area contributed by atoms with E-state index in [9.17, 15) is 4.57 Å². The van der Waals surface area contributed by atoms with Gasteiger partial charge in [0, 0.05) is 0 Å². The third kappa shape index (κ3) is 4.97. The number of alkyl halides is 1. The Morgan fingerprint density at radius 2 is 2.18 bits per heavy atom. The number of ether oxygens (including phenoxy) is 1. The molecule has 0 aliphatic carbocycles. The summed E-state index contributed by atoms with van der Waals surface area (Å²) in [5.41, 5.74) is 0. The first-order valence-electron chi connectivity index (χ1n) is 2.89. The molecule has 0 amide bonds. The van der Waals surface area contributed by atoms with Crippen LogP contribution in [0.15, 0.2) is 11.6 Å². The Morgan fingerprint density at radius 1 is 1.64 bits per heavy atom. The van der Waals surface area contributed by atoms with Gasteiger partial charge in [-0.15, -0.1) is 11.6 Å². The molecule has 0 aromatic heterocycles. The smallest absolute Gasteiger partial charge is 0.282 e. The highest BCUT2D eigenvalue weighted by Crippen LogP contribution is 2.63. The lowest BCUT2D eigenvalue weighted by atomic mass is 10.7. The van der Waals surface area contributed by atoms with E-state index < -0.39 is 5.85 Å². The summed E-state index contributed by atoms with van der Waals surface area (Å²) in [5.74, 6) is -3.24. The summed E-state index contributed by atoms with van der Waals surface area (Å²) in [7, 11) is 0. The van der Waals surface area contributed by atoms with Gasteiger partial charge in [-0.05, 0) is 29.4 Å². The van der Waals surface area contributed by atoms with Crippen molar-refractivity contribution >= 4 is 39.9 Å². The average Bonchev–Trinajstić information content (AvgIpc) is 1.87. The van der Waals surface area contributed by atoms with Crippen molar-refractivity contribution in [3.63, 3.8) is 0 Å². The first-order chi connectivity index (χ1) is 5.02. The third-order valence-corrected chi connectivity index (χ3v) is 3.57. The molecule has 0 fully saturated rings. The van der Waals surface area contributed by atoms with Crippen molar-refractivity contribution in [2.45, 2.75) is 6.92 Å². The molecule has 66 valence electrons. The van der Waals surface area contributed by atoms with Crippen molar-refractivity contribution in [3.05, 3.63) is 11.6 Å². The van der Waals surface area contributed by atoms with Gasteiger partial charge in [0.1, 0.15) is 0 Å². The molecule has 0 spiro atoms. The van der Waals surface area contributed by atoms with E-state index in [0.717, 1.165) is 0 Å². The summed E-state index contributed by atoms with van der Waals surface area (Å²) >= 11 is 16.0. The molecule has 0 N–H and O–H groups in total. The molecule has 0 aliphatic heterocycles. The number of rotatable bonds is 4. The van der Waals surface area contributed by atoms with Gasteiger partial charge in [0.15, 0.2) is 0 Å². The van der Waals surface area contributed by atoms with Crippen molar-refractivity contribution in [2.75, 3.05) is 12.5 Å². The first-order valence-corrected chi connectivity index (χ1v) is 6.94. The average molecular weight is 237 g/mol. The van der Waals surface area contributed by atoms with Crippen molar-refractivity contribution in [1.29, 1.82) is 0 Å². The Hall–Kier alpha value is 0.640. The van der Waals surface area contributed by atoms with Crippen molar-refractivity contribution < 1.29 is 9.30 Å². The largest absolute Gasteiger partial charge is 0.501 e. The molecule has 0 aromatic carbocycles. The van der Waals surface area contributed by atoms with Crippen LogP contribution in [0.1, 0.15) is 6.92 Å². The van der Waals surface area contributed by atoms with Crippen LogP contribution in [0.3, 0.4) is 0 Å². The highest BCUT2D eigenvalue weighted by atomic mass is 35.9. The summed E-state index contributed by atoms with van der Waals surface area (Å²) in [6.45, 7) is 2.25. The SMILES string of the molecule is CCO/C=C(/CCl)P(=O)(Cl)Cl. The molecule has 0 bridgehead atoms. The number of halogens is 3. The number of allylic oxidation sites excluding steroid dienone is 1. The second-order valence-corrected chi connectivity index (χ2v) is 6.80. The zero-order chi connectivity index (χ0) is 8.91. The van der Waals surface area contributed by atoms with Crippen molar-refractivity contribution in [2.24, 2.45) is 0 Å². The fourth-order valence-corrected chi connectivity index (χ4v) is 2.21. The van der Waals surface area contributed by atoms with Crippen molar-refractivity contribution in [3.8, 4) is 0 Å². The number of hydrogen-bond donors (Lipinski definition) is 0. The number of hydrogen-bond acceptors (Lipinski definition) is 2. The molecule has 0 saturated carbocycles. The molecular weight excluding hydrogens is 229 g/mol. The minimum Gasteiger partial charge on any atom is -0.501 e. The van der Waals surface area contributed by atoms with Gasteiger partial charge in [-0.2, -0.15) is 0 Å². The lowest BCUT2D eigenvalue weighted by molar-refractivity contribution is 0.268. The van der Waals surface area contributed by atoms with Crippen LogP contribution in [-0.2, 0) is 9.30 Å². The molecule has 0 rings (SSSR count). The Labute approximate surface area is 80.4 Å². The molecule has 0 atom stereocenters.